The SMILES string of the molecule is CN(C)CCCOc1cccc(NC(=O)C2CCNC2)c1. The quantitative estimate of drug-likeness (QED) is 0.749. The molecule has 1 aromatic carbocycles. The fourth-order valence-electron chi connectivity index (χ4n) is 2.36. The first-order chi connectivity index (χ1) is 10.1. The van der Waals surface area contributed by atoms with Gasteiger partial charge in [0.2, 0.25) is 5.91 Å². The summed E-state index contributed by atoms with van der Waals surface area (Å²) in [5.41, 5.74) is 0.803. The molecule has 2 rings (SSSR count). The lowest BCUT2D eigenvalue weighted by atomic mass is 10.1. The number of nitrogens with zero attached hydrogens (tertiary/aromatic N) is 1. The van der Waals surface area contributed by atoms with Crippen LogP contribution >= 0.6 is 0 Å². The minimum atomic E-state index is 0.0784. The molecule has 1 aromatic rings. The Morgan fingerprint density at radius 2 is 2.33 bits per heavy atom. The van der Waals surface area contributed by atoms with Crippen molar-refractivity contribution in [2.45, 2.75) is 12.8 Å². The second-order valence-electron chi connectivity index (χ2n) is 5.71. The molecule has 0 spiro atoms. The van der Waals surface area contributed by atoms with Gasteiger partial charge in [-0.3, -0.25) is 4.79 Å². The van der Waals surface area contributed by atoms with Crippen LogP contribution < -0.4 is 15.4 Å². The second kappa shape index (κ2) is 8.00. The first-order valence-corrected chi connectivity index (χ1v) is 7.54. The van der Waals surface area contributed by atoms with Crippen LogP contribution in [0.1, 0.15) is 12.8 Å². The summed E-state index contributed by atoms with van der Waals surface area (Å²) in [6.07, 6.45) is 1.89. The summed E-state index contributed by atoms with van der Waals surface area (Å²) in [6.45, 7) is 3.38. The molecule has 5 heteroatoms. The Balaban J connectivity index is 1.81. The number of rotatable bonds is 7. The van der Waals surface area contributed by atoms with Crippen LogP contribution in [0.3, 0.4) is 0 Å². The van der Waals surface area contributed by atoms with E-state index in [-0.39, 0.29) is 11.8 Å². The molecule has 1 amide bonds. The van der Waals surface area contributed by atoms with Crippen LogP contribution in [0.15, 0.2) is 24.3 Å². The van der Waals surface area contributed by atoms with Gasteiger partial charge < -0.3 is 20.3 Å². The van der Waals surface area contributed by atoms with Gasteiger partial charge in [0.25, 0.3) is 0 Å². The van der Waals surface area contributed by atoms with Gasteiger partial charge in [-0.05, 0) is 45.6 Å². The molecule has 0 aliphatic carbocycles. The molecule has 0 aromatic heterocycles. The van der Waals surface area contributed by atoms with E-state index in [9.17, 15) is 4.79 Å². The summed E-state index contributed by atoms with van der Waals surface area (Å²) in [7, 11) is 4.10. The molecular formula is C16H25N3O2. The Morgan fingerprint density at radius 3 is 3.05 bits per heavy atom. The van der Waals surface area contributed by atoms with E-state index in [1.807, 2.05) is 38.4 Å². The van der Waals surface area contributed by atoms with Crippen molar-refractivity contribution >= 4 is 11.6 Å². The monoisotopic (exact) mass is 291 g/mol. The zero-order valence-corrected chi connectivity index (χ0v) is 12.9. The van der Waals surface area contributed by atoms with Crippen molar-refractivity contribution in [1.29, 1.82) is 0 Å². The van der Waals surface area contributed by atoms with Crippen LogP contribution in [0, 0.1) is 5.92 Å². The Labute approximate surface area is 126 Å². The van der Waals surface area contributed by atoms with E-state index in [4.69, 9.17) is 4.74 Å². The molecule has 21 heavy (non-hydrogen) atoms. The number of benzene rings is 1. The maximum absolute atomic E-state index is 12.1. The average molecular weight is 291 g/mol. The van der Waals surface area contributed by atoms with E-state index in [0.717, 1.165) is 43.9 Å². The molecule has 0 radical (unpaired) electrons. The number of nitrogens with one attached hydrogen (secondary N) is 2. The summed E-state index contributed by atoms with van der Waals surface area (Å²) >= 11 is 0. The first kappa shape index (κ1) is 15.8. The Morgan fingerprint density at radius 1 is 1.48 bits per heavy atom. The zero-order valence-electron chi connectivity index (χ0n) is 12.9. The predicted octanol–water partition coefficient (Wildman–Crippen LogP) is 1.57. The fourth-order valence-corrected chi connectivity index (χ4v) is 2.36. The molecule has 1 saturated heterocycles. The van der Waals surface area contributed by atoms with Gasteiger partial charge in [-0.25, -0.2) is 0 Å². The number of hydrogen-bond donors (Lipinski definition) is 2. The minimum Gasteiger partial charge on any atom is -0.493 e. The summed E-state index contributed by atoms with van der Waals surface area (Å²) in [6, 6.07) is 7.61. The van der Waals surface area contributed by atoms with Crippen LogP contribution in [0.25, 0.3) is 0 Å². The Bertz CT molecular complexity index is 457. The van der Waals surface area contributed by atoms with Crippen LogP contribution in [0.5, 0.6) is 5.75 Å². The van der Waals surface area contributed by atoms with Gasteiger partial charge in [0.15, 0.2) is 0 Å². The number of amides is 1. The lowest BCUT2D eigenvalue weighted by molar-refractivity contribution is -0.119. The van der Waals surface area contributed by atoms with Crippen molar-refractivity contribution in [2.24, 2.45) is 5.92 Å². The molecule has 1 aliphatic rings. The molecule has 116 valence electrons. The highest BCUT2D eigenvalue weighted by molar-refractivity contribution is 5.93. The maximum Gasteiger partial charge on any atom is 0.228 e. The van der Waals surface area contributed by atoms with Gasteiger partial charge in [0.05, 0.1) is 12.5 Å². The first-order valence-electron chi connectivity index (χ1n) is 7.54. The minimum absolute atomic E-state index is 0.0784. The third-order valence-corrected chi connectivity index (χ3v) is 3.55. The Hall–Kier alpha value is -1.59. The summed E-state index contributed by atoms with van der Waals surface area (Å²) in [4.78, 5) is 14.2. The highest BCUT2D eigenvalue weighted by atomic mass is 16.5. The lowest BCUT2D eigenvalue weighted by Crippen LogP contribution is -2.24. The van der Waals surface area contributed by atoms with E-state index in [2.05, 4.69) is 15.5 Å². The second-order valence-corrected chi connectivity index (χ2v) is 5.71. The Kier molecular flexibility index (Phi) is 6.02. The van der Waals surface area contributed by atoms with Gasteiger partial charge in [0, 0.05) is 24.8 Å². The van der Waals surface area contributed by atoms with E-state index in [1.165, 1.54) is 0 Å². The largest absolute Gasteiger partial charge is 0.493 e. The number of anilines is 1. The third kappa shape index (κ3) is 5.36. The summed E-state index contributed by atoms with van der Waals surface area (Å²) in [5, 5.41) is 6.17. The molecule has 1 atom stereocenters. The summed E-state index contributed by atoms with van der Waals surface area (Å²) in [5.74, 6) is 0.968. The molecule has 5 nitrogen and oxygen atoms in total. The third-order valence-electron chi connectivity index (χ3n) is 3.55. The molecule has 1 heterocycles. The molecule has 0 saturated carbocycles. The van der Waals surface area contributed by atoms with E-state index in [0.29, 0.717) is 6.61 Å². The predicted molar refractivity (Wildman–Crippen MR) is 84.7 cm³/mol. The van der Waals surface area contributed by atoms with Crippen LogP contribution in [-0.2, 0) is 4.79 Å². The smallest absolute Gasteiger partial charge is 0.228 e. The van der Waals surface area contributed by atoms with Gasteiger partial charge in [0.1, 0.15) is 5.75 Å². The zero-order chi connectivity index (χ0) is 15.1. The molecule has 2 N–H and O–H groups in total. The van der Waals surface area contributed by atoms with Crippen molar-refractivity contribution in [3.63, 3.8) is 0 Å². The van der Waals surface area contributed by atoms with Gasteiger partial charge in [-0.15, -0.1) is 0 Å². The number of carbonyl (C=O) groups excluding carboxylic acids is 1. The number of hydrogen-bond acceptors (Lipinski definition) is 4. The topological polar surface area (TPSA) is 53.6 Å². The van der Waals surface area contributed by atoms with Crippen molar-refractivity contribution in [3.8, 4) is 5.75 Å². The molecular weight excluding hydrogens is 266 g/mol. The molecule has 1 fully saturated rings. The van der Waals surface area contributed by atoms with Crippen molar-refractivity contribution in [1.82, 2.24) is 10.2 Å². The van der Waals surface area contributed by atoms with E-state index < -0.39 is 0 Å². The maximum atomic E-state index is 12.1. The molecule has 1 aliphatic heterocycles. The normalized spacial score (nSPS) is 18.0. The van der Waals surface area contributed by atoms with Crippen molar-refractivity contribution in [3.05, 3.63) is 24.3 Å². The summed E-state index contributed by atoms with van der Waals surface area (Å²) < 4.78 is 5.71. The highest BCUT2D eigenvalue weighted by Gasteiger charge is 2.22. The highest BCUT2D eigenvalue weighted by Crippen LogP contribution is 2.19. The molecule has 0 bridgehead atoms. The lowest BCUT2D eigenvalue weighted by Gasteiger charge is -2.12. The van der Waals surface area contributed by atoms with E-state index in [1.54, 1.807) is 0 Å². The standard InChI is InChI=1S/C16H25N3O2/c1-19(2)9-4-10-21-15-6-3-5-14(11-15)18-16(20)13-7-8-17-12-13/h3,5-6,11,13,17H,4,7-10,12H2,1-2H3,(H,18,20). The van der Waals surface area contributed by atoms with Crippen LogP contribution in [0.4, 0.5) is 5.69 Å². The van der Waals surface area contributed by atoms with Gasteiger partial charge in [-0.2, -0.15) is 0 Å². The van der Waals surface area contributed by atoms with E-state index >= 15 is 0 Å². The number of carbonyl (C=O) groups is 1. The van der Waals surface area contributed by atoms with Crippen molar-refractivity contribution in [2.75, 3.05) is 45.7 Å². The molecule has 1 unspecified atom stereocenters. The average Bonchev–Trinajstić information content (AvgIpc) is 2.98. The van der Waals surface area contributed by atoms with Crippen LogP contribution in [0.2, 0.25) is 0 Å². The number of ether oxygens (including phenoxy) is 1. The van der Waals surface area contributed by atoms with Crippen LogP contribution in [-0.4, -0.2) is 51.1 Å². The fraction of sp³-hybridized carbons (Fsp3) is 0.562. The van der Waals surface area contributed by atoms with Gasteiger partial charge in [-0.1, -0.05) is 6.07 Å². The van der Waals surface area contributed by atoms with Crippen molar-refractivity contribution < 1.29 is 9.53 Å². The van der Waals surface area contributed by atoms with Gasteiger partial charge >= 0.3 is 0 Å².